The van der Waals surface area contributed by atoms with Gasteiger partial charge in [-0.3, -0.25) is 0 Å². The first-order valence-corrected chi connectivity index (χ1v) is 10.1. The molecule has 3 heterocycles. The molecule has 148 valence electrons. The van der Waals surface area contributed by atoms with Gasteiger partial charge in [0.05, 0.1) is 17.5 Å². The summed E-state index contributed by atoms with van der Waals surface area (Å²) in [6.45, 7) is 4.95. The number of hydrogen-bond acceptors (Lipinski definition) is 5. The molecule has 2 N–H and O–H groups in total. The van der Waals surface area contributed by atoms with Crippen LogP contribution in [0.4, 0.5) is 0 Å². The predicted molar refractivity (Wildman–Crippen MR) is 114 cm³/mol. The van der Waals surface area contributed by atoms with Gasteiger partial charge in [0, 0.05) is 22.7 Å². The highest BCUT2D eigenvalue weighted by Crippen LogP contribution is 2.31. The third kappa shape index (κ3) is 3.89. The van der Waals surface area contributed by atoms with Crippen LogP contribution in [0.2, 0.25) is 0 Å². The Kier molecular flexibility index (Phi) is 4.77. The van der Waals surface area contributed by atoms with Crippen LogP contribution >= 0.6 is 0 Å². The number of aromatic amines is 1. The van der Waals surface area contributed by atoms with Gasteiger partial charge in [0.2, 0.25) is 5.88 Å². The Bertz CT molecular complexity index is 1150. The highest BCUT2D eigenvalue weighted by atomic mass is 16.5. The van der Waals surface area contributed by atoms with Crippen LogP contribution in [-0.2, 0) is 0 Å². The SMILES string of the molecule is Cc1cc2cc(Oc3ncnc4cc(OCC5CCNCC5)ccc34)ccc2[nH]1. The van der Waals surface area contributed by atoms with Crippen molar-refractivity contribution in [1.29, 1.82) is 0 Å². The lowest BCUT2D eigenvalue weighted by molar-refractivity contribution is 0.215. The number of nitrogens with one attached hydrogen (secondary N) is 2. The fourth-order valence-corrected chi connectivity index (χ4v) is 3.88. The van der Waals surface area contributed by atoms with Crippen LogP contribution in [0.1, 0.15) is 18.5 Å². The average Bonchev–Trinajstić information content (AvgIpc) is 3.12. The number of piperidine rings is 1. The lowest BCUT2D eigenvalue weighted by Gasteiger charge is -2.22. The lowest BCUT2D eigenvalue weighted by Crippen LogP contribution is -2.30. The average molecular weight is 388 g/mol. The molecule has 0 amide bonds. The van der Waals surface area contributed by atoms with Crippen molar-refractivity contribution in [2.24, 2.45) is 5.92 Å². The van der Waals surface area contributed by atoms with Gasteiger partial charge in [-0.2, -0.15) is 0 Å². The molecule has 6 heteroatoms. The van der Waals surface area contributed by atoms with E-state index in [1.807, 2.05) is 43.3 Å². The van der Waals surface area contributed by atoms with E-state index in [0.29, 0.717) is 11.8 Å². The first-order valence-electron chi connectivity index (χ1n) is 10.1. The molecular weight excluding hydrogens is 364 g/mol. The first-order chi connectivity index (χ1) is 14.2. The minimum atomic E-state index is 0.548. The van der Waals surface area contributed by atoms with E-state index < -0.39 is 0 Å². The number of fused-ring (bicyclic) bond motifs is 2. The molecule has 4 aromatic rings. The van der Waals surface area contributed by atoms with Crippen molar-refractivity contribution < 1.29 is 9.47 Å². The van der Waals surface area contributed by atoms with Crippen LogP contribution < -0.4 is 14.8 Å². The fraction of sp³-hybridized carbons (Fsp3) is 0.304. The van der Waals surface area contributed by atoms with Gasteiger partial charge in [0.1, 0.15) is 17.8 Å². The van der Waals surface area contributed by atoms with E-state index in [0.717, 1.165) is 58.7 Å². The van der Waals surface area contributed by atoms with Crippen LogP contribution in [0, 0.1) is 12.8 Å². The van der Waals surface area contributed by atoms with Crippen molar-refractivity contribution in [2.75, 3.05) is 19.7 Å². The number of hydrogen-bond donors (Lipinski definition) is 2. The maximum Gasteiger partial charge on any atom is 0.230 e. The maximum atomic E-state index is 6.09. The van der Waals surface area contributed by atoms with Gasteiger partial charge in [0.15, 0.2) is 0 Å². The molecule has 0 atom stereocenters. The molecule has 0 unspecified atom stereocenters. The largest absolute Gasteiger partial charge is 0.493 e. The van der Waals surface area contributed by atoms with Crippen LogP contribution in [-0.4, -0.2) is 34.6 Å². The molecule has 0 spiro atoms. The maximum absolute atomic E-state index is 6.09. The zero-order chi connectivity index (χ0) is 19.6. The van der Waals surface area contributed by atoms with E-state index in [4.69, 9.17) is 9.47 Å². The van der Waals surface area contributed by atoms with Crippen LogP contribution in [0.25, 0.3) is 21.8 Å². The second-order valence-corrected chi connectivity index (χ2v) is 7.67. The highest BCUT2D eigenvalue weighted by molar-refractivity contribution is 5.85. The van der Waals surface area contributed by atoms with Gasteiger partial charge < -0.3 is 19.8 Å². The van der Waals surface area contributed by atoms with Gasteiger partial charge in [0.25, 0.3) is 0 Å². The molecule has 5 rings (SSSR count). The molecule has 29 heavy (non-hydrogen) atoms. The quantitative estimate of drug-likeness (QED) is 0.523. The molecule has 0 aliphatic carbocycles. The Morgan fingerprint density at radius 3 is 2.76 bits per heavy atom. The molecular formula is C23H24N4O2. The summed E-state index contributed by atoms with van der Waals surface area (Å²) in [5.41, 5.74) is 3.04. The third-order valence-electron chi connectivity index (χ3n) is 5.46. The van der Waals surface area contributed by atoms with Gasteiger partial charge in [-0.05, 0) is 75.2 Å². The Labute approximate surface area is 169 Å². The standard InChI is InChI=1S/C23H24N4O2/c1-15-10-17-11-19(3-5-21(17)27-15)29-23-20-4-2-18(12-22(20)25-14-26-23)28-13-16-6-8-24-9-7-16/h2-5,10-12,14,16,24,27H,6-9,13H2,1H3. The third-order valence-corrected chi connectivity index (χ3v) is 5.46. The van der Waals surface area contributed by atoms with Gasteiger partial charge in [-0.1, -0.05) is 0 Å². The molecule has 0 radical (unpaired) electrons. The number of H-pyrrole nitrogens is 1. The van der Waals surface area contributed by atoms with Gasteiger partial charge in [-0.15, -0.1) is 0 Å². The topological polar surface area (TPSA) is 72.1 Å². The summed E-state index contributed by atoms with van der Waals surface area (Å²) in [4.78, 5) is 12.1. The monoisotopic (exact) mass is 388 g/mol. The number of rotatable bonds is 5. The van der Waals surface area contributed by atoms with Gasteiger partial charge >= 0.3 is 0 Å². The Balaban J connectivity index is 1.36. The van der Waals surface area contributed by atoms with Crippen LogP contribution in [0.5, 0.6) is 17.4 Å². The normalized spacial score (nSPS) is 15.1. The minimum absolute atomic E-state index is 0.548. The Morgan fingerprint density at radius 2 is 1.86 bits per heavy atom. The number of aryl methyl sites for hydroxylation is 1. The Morgan fingerprint density at radius 1 is 1.00 bits per heavy atom. The van der Waals surface area contributed by atoms with E-state index >= 15 is 0 Å². The van der Waals surface area contributed by atoms with Crippen molar-refractivity contribution in [3.05, 3.63) is 54.5 Å². The number of ether oxygens (including phenoxy) is 2. The van der Waals surface area contributed by atoms with Crippen molar-refractivity contribution >= 4 is 21.8 Å². The van der Waals surface area contributed by atoms with Crippen molar-refractivity contribution in [3.63, 3.8) is 0 Å². The molecule has 1 fully saturated rings. The summed E-state index contributed by atoms with van der Waals surface area (Å²) in [6.07, 6.45) is 3.87. The number of benzene rings is 2. The second kappa shape index (κ2) is 7.72. The van der Waals surface area contributed by atoms with E-state index in [2.05, 4.69) is 26.3 Å². The summed E-state index contributed by atoms with van der Waals surface area (Å²) in [7, 11) is 0. The van der Waals surface area contributed by atoms with Crippen LogP contribution in [0.15, 0.2) is 48.8 Å². The summed E-state index contributed by atoms with van der Waals surface area (Å²) < 4.78 is 12.1. The highest BCUT2D eigenvalue weighted by Gasteiger charge is 2.14. The molecule has 6 nitrogen and oxygen atoms in total. The fourth-order valence-electron chi connectivity index (χ4n) is 3.88. The molecule has 1 saturated heterocycles. The van der Waals surface area contributed by atoms with Crippen LogP contribution in [0.3, 0.4) is 0 Å². The summed E-state index contributed by atoms with van der Waals surface area (Å²) >= 11 is 0. The second-order valence-electron chi connectivity index (χ2n) is 7.67. The van der Waals surface area contributed by atoms with Crippen molar-refractivity contribution in [1.82, 2.24) is 20.3 Å². The molecule has 0 saturated carbocycles. The van der Waals surface area contributed by atoms with Crippen molar-refractivity contribution in [3.8, 4) is 17.4 Å². The van der Waals surface area contributed by atoms with Crippen molar-refractivity contribution in [2.45, 2.75) is 19.8 Å². The van der Waals surface area contributed by atoms with Gasteiger partial charge in [-0.25, -0.2) is 9.97 Å². The minimum Gasteiger partial charge on any atom is -0.493 e. The molecule has 0 bridgehead atoms. The zero-order valence-electron chi connectivity index (χ0n) is 16.4. The summed E-state index contributed by atoms with van der Waals surface area (Å²) in [5, 5.41) is 5.37. The summed E-state index contributed by atoms with van der Waals surface area (Å²) in [6, 6.07) is 14.0. The van der Waals surface area contributed by atoms with E-state index in [1.54, 1.807) is 0 Å². The molecule has 2 aromatic carbocycles. The molecule has 1 aliphatic heterocycles. The number of nitrogens with zero attached hydrogens (tertiary/aromatic N) is 2. The lowest BCUT2D eigenvalue weighted by atomic mass is 9.99. The van der Waals surface area contributed by atoms with E-state index in [-0.39, 0.29) is 0 Å². The number of aromatic nitrogens is 3. The molecule has 1 aliphatic rings. The molecule has 2 aromatic heterocycles. The predicted octanol–water partition coefficient (Wildman–Crippen LogP) is 4.59. The Hall–Kier alpha value is -3.12. The first kappa shape index (κ1) is 17.9. The summed E-state index contributed by atoms with van der Waals surface area (Å²) in [5.74, 6) is 2.75. The smallest absolute Gasteiger partial charge is 0.230 e. The van der Waals surface area contributed by atoms with E-state index in [9.17, 15) is 0 Å². The zero-order valence-corrected chi connectivity index (χ0v) is 16.4. The van der Waals surface area contributed by atoms with E-state index in [1.165, 1.54) is 19.2 Å².